The smallest absolute Gasteiger partial charge is 0.353 e. The van der Waals surface area contributed by atoms with E-state index in [9.17, 15) is 10.1 Å². The van der Waals surface area contributed by atoms with E-state index in [0.29, 0.717) is 11.3 Å². The maximum absolute atomic E-state index is 11.6. The number of rotatable bonds is 3. The van der Waals surface area contributed by atoms with Gasteiger partial charge in [-0.2, -0.15) is 0 Å². The Morgan fingerprint density at radius 2 is 1.89 bits per heavy atom. The molecular weight excluding hydrogens is 360 g/mol. The third-order valence-electron chi connectivity index (χ3n) is 5.90. The minimum absolute atomic E-state index is 0.0991. The van der Waals surface area contributed by atoms with Gasteiger partial charge in [0.05, 0.1) is 30.1 Å². The maximum Gasteiger partial charge on any atom is 0.353 e. The molecule has 0 aromatic heterocycles. The summed E-state index contributed by atoms with van der Waals surface area (Å²) >= 11 is 0. The number of ether oxygens (including phenoxy) is 3. The summed E-state index contributed by atoms with van der Waals surface area (Å²) in [6.07, 6.45) is 3.79. The average Bonchev–Trinajstić information content (AvgIpc) is 2.85. The number of methoxy groups -OCH3 is 2. The van der Waals surface area contributed by atoms with Crippen LogP contribution >= 0.6 is 0 Å². The molecule has 7 nitrogen and oxygen atoms in total. The Bertz CT molecular complexity index is 1010. The number of likely N-dealkylation sites (N-methyl/N-ethyl adjacent to an activating group) is 1. The number of benzene rings is 2. The SMILES string of the molecule is COc1cc2c(c(OC)c1[N+](=O)[O-])C=CC1(O2)N(C)c2ccccc2C1(C)C. The van der Waals surface area contributed by atoms with Gasteiger partial charge in [0, 0.05) is 18.8 Å². The van der Waals surface area contributed by atoms with Gasteiger partial charge in [0.15, 0.2) is 0 Å². The fourth-order valence-electron chi connectivity index (χ4n) is 4.39. The quantitative estimate of drug-likeness (QED) is 0.587. The van der Waals surface area contributed by atoms with Crippen molar-refractivity contribution in [2.24, 2.45) is 0 Å². The zero-order valence-electron chi connectivity index (χ0n) is 16.5. The van der Waals surface area contributed by atoms with Crippen molar-refractivity contribution >= 4 is 17.5 Å². The lowest BCUT2D eigenvalue weighted by atomic mass is 9.76. The Labute approximate surface area is 163 Å². The average molecular weight is 382 g/mol. The van der Waals surface area contributed by atoms with Crippen LogP contribution in [0.2, 0.25) is 0 Å². The monoisotopic (exact) mass is 382 g/mol. The van der Waals surface area contributed by atoms with Crippen molar-refractivity contribution in [1.29, 1.82) is 0 Å². The molecule has 0 radical (unpaired) electrons. The van der Waals surface area contributed by atoms with Crippen molar-refractivity contribution in [2.75, 3.05) is 26.2 Å². The summed E-state index contributed by atoms with van der Waals surface area (Å²) in [5.74, 6) is 0.706. The number of hydrogen-bond donors (Lipinski definition) is 0. The first-order chi connectivity index (χ1) is 13.3. The molecule has 0 aliphatic carbocycles. The van der Waals surface area contributed by atoms with E-state index in [1.165, 1.54) is 19.8 Å². The Balaban J connectivity index is 1.93. The maximum atomic E-state index is 11.6. The van der Waals surface area contributed by atoms with Gasteiger partial charge in [0.2, 0.25) is 17.2 Å². The lowest BCUT2D eigenvalue weighted by molar-refractivity contribution is -0.386. The second-order valence-electron chi connectivity index (χ2n) is 7.46. The van der Waals surface area contributed by atoms with Gasteiger partial charge in [-0.25, -0.2) is 0 Å². The summed E-state index contributed by atoms with van der Waals surface area (Å²) in [7, 11) is 4.79. The molecule has 146 valence electrons. The van der Waals surface area contributed by atoms with Gasteiger partial charge in [-0.3, -0.25) is 10.1 Å². The molecule has 2 aromatic rings. The van der Waals surface area contributed by atoms with Crippen LogP contribution in [0.15, 0.2) is 36.4 Å². The minimum atomic E-state index is -0.782. The van der Waals surface area contributed by atoms with E-state index < -0.39 is 10.6 Å². The van der Waals surface area contributed by atoms with Gasteiger partial charge in [-0.05, 0) is 37.6 Å². The zero-order valence-corrected chi connectivity index (χ0v) is 16.5. The highest BCUT2D eigenvalue weighted by Gasteiger charge is 2.58. The predicted molar refractivity (Wildman–Crippen MR) is 106 cm³/mol. The first-order valence-corrected chi connectivity index (χ1v) is 8.93. The number of nitro benzene ring substituents is 1. The normalized spacial score (nSPS) is 21.1. The highest BCUT2D eigenvalue weighted by Crippen LogP contribution is 2.56. The van der Waals surface area contributed by atoms with Gasteiger partial charge in [-0.1, -0.05) is 18.2 Å². The third-order valence-corrected chi connectivity index (χ3v) is 5.90. The molecule has 7 heteroatoms. The predicted octanol–water partition coefficient (Wildman–Crippen LogP) is 4.14. The van der Waals surface area contributed by atoms with Crippen molar-refractivity contribution in [2.45, 2.75) is 25.0 Å². The van der Waals surface area contributed by atoms with Crippen LogP contribution in [-0.2, 0) is 5.41 Å². The molecular formula is C21H22N2O5. The van der Waals surface area contributed by atoms with E-state index in [2.05, 4.69) is 30.9 Å². The summed E-state index contributed by atoms with van der Waals surface area (Å²) in [6.45, 7) is 4.26. The van der Waals surface area contributed by atoms with Crippen LogP contribution in [0, 0.1) is 10.1 Å². The molecule has 0 saturated heterocycles. The molecule has 28 heavy (non-hydrogen) atoms. The highest BCUT2D eigenvalue weighted by molar-refractivity contribution is 5.79. The zero-order chi connectivity index (χ0) is 20.3. The van der Waals surface area contributed by atoms with Gasteiger partial charge in [0.1, 0.15) is 5.75 Å². The van der Waals surface area contributed by atoms with Crippen LogP contribution in [0.5, 0.6) is 17.2 Å². The van der Waals surface area contributed by atoms with E-state index in [4.69, 9.17) is 14.2 Å². The molecule has 2 aromatic carbocycles. The fourth-order valence-corrected chi connectivity index (χ4v) is 4.39. The van der Waals surface area contributed by atoms with E-state index in [1.807, 2.05) is 31.3 Å². The van der Waals surface area contributed by atoms with Crippen LogP contribution in [0.4, 0.5) is 11.4 Å². The summed E-state index contributed by atoms with van der Waals surface area (Å²) < 4.78 is 17.2. The second kappa shape index (κ2) is 5.89. The number of nitro groups is 1. The van der Waals surface area contributed by atoms with Gasteiger partial charge in [-0.15, -0.1) is 0 Å². The van der Waals surface area contributed by atoms with Gasteiger partial charge in [0.25, 0.3) is 0 Å². The first-order valence-electron chi connectivity index (χ1n) is 8.93. The third kappa shape index (κ3) is 2.10. The molecule has 0 amide bonds. The molecule has 2 aliphatic heterocycles. The van der Waals surface area contributed by atoms with Crippen molar-refractivity contribution in [3.8, 4) is 17.2 Å². The fraction of sp³-hybridized carbons (Fsp3) is 0.333. The summed E-state index contributed by atoms with van der Waals surface area (Å²) in [5.41, 5.74) is 1.42. The van der Waals surface area contributed by atoms with Crippen molar-refractivity contribution in [3.63, 3.8) is 0 Å². The number of nitrogens with zero attached hydrogens (tertiary/aromatic N) is 2. The van der Waals surface area contributed by atoms with Crippen LogP contribution < -0.4 is 19.1 Å². The summed E-state index contributed by atoms with van der Waals surface area (Å²) in [5, 5.41) is 11.6. The number of para-hydroxylation sites is 1. The van der Waals surface area contributed by atoms with E-state index in [0.717, 1.165) is 5.69 Å². The Hall–Kier alpha value is -3.22. The molecule has 1 unspecified atom stereocenters. The van der Waals surface area contributed by atoms with E-state index in [1.54, 1.807) is 6.07 Å². The summed E-state index contributed by atoms with van der Waals surface area (Å²) in [4.78, 5) is 13.2. The topological polar surface area (TPSA) is 74.1 Å². The van der Waals surface area contributed by atoms with Crippen LogP contribution in [0.3, 0.4) is 0 Å². The first kappa shape index (κ1) is 18.2. The lowest BCUT2D eigenvalue weighted by Crippen LogP contribution is -2.58. The Morgan fingerprint density at radius 3 is 2.50 bits per heavy atom. The second-order valence-corrected chi connectivity index (χ2v) is 7.46. The molecule has 4 rings (SSSR count). The van der Waals surface area contributed by atoms with Crippen LogP contribution in [-0.4, -0.2) is 31.9 Å². The molecule has 0 fully saturated rings. The van der Waals surface area contributed by atoms with E-state index in [-0.39, 0.29) is 22.6 Å². The molecule has 1 atom stereocenters. The number of hydrogen-bond acceptors (Lipinski definition) is 6. The van der Waals surface area contributed by atoms with Crippen molar-refractivity contribution in [1.82, 2.24) is 0 Å². The lowest BCUT2D eigenvalue weighted by Gasteiger charge is -2.45. The molecule has 2 heterocycles. The van der Waals surface area contributed by atoms with Crippen LogP contribution in [0.25, 0.3) is 6.08 Å². The van der Waals surface area contributed by atoms with E-state index >= 15 is 0 Å². The van der Waals surface area contributed by atoms with Gasteiger partial charge >= 0.3 is 5.69 Å². The van der Waals surface area contributed by atoms with Crippen molar-refractivity contribution in [3.05, 3.63) is 57.6 Å². The largest absolute Gasteiger partial charge is 0.490 e. The van der Waals surface area contributed by atoms with Crippen LogP contribution in [0.1, 0.15) is 25.0 Å². The molecule has 1 spiro atoms. The standard InChI is InChI=1S/C21H22N2O5/c1-20(2)14-8-6-7-9-15(14)22(3)21(20)11-10-13-16(28-21)12-17(26-4)18(23(24)25)19(13)27-5/h6-12H,1-5H3. The van der Waals surface area contributed by atoms with Gasteiger partial charge < -0.3 is 19.1 Å². The van der Waals surface area contributed by atoms with Crippen molar-refractivity contribution < 1.29 is 19.1 Å². The highest BCUT2D eigenvalue weighted by atomic mass is 16.6. The molecule has 0 N–H and O–H groups in total. The minimum Gasteiger partial charge on any atom is -0.490 e. The molecule has 2 aliphatic rings. The molecule has 0 bridgehead atoms. The molecule has 0 saturated carbocycles. The number of fused-ring (bicyclic) bond motifs is 2. The summed E-state index contributed by atoms with van der Waals surface area (Å²) in [6, 6.07) is 9.75. The Kier molecular flexibility index (Phi) is 3.82. The number of anilines is 1. The Morgan fingerprint density at radius 1 is 1.18 bits per heavy atom.